The van der Waals surface area contributed by atoms with E-state index in [0.717, 1.165) is 23.3 Å². The zero-order valence-corrected chi connectivity index (χ0v) is 17.9. The number of benzene rings is 1. The van der Waals surface area contributed by atoms with Gasteiger partial charge in [-0.3, -0.25) is 4.68 Å². The number of halogens is 2. The van der Waals surface area contributed by atoms with Crippen LogP contribution in [-0.2, 0) is 14.1 Å². The maximum absolute atomic E-state index is 13.8. The van der Waals surface area contributed by atoms with Gasteiger partial charge in [0.15, 0.2) is 17.5 Å². The molecule has 2 unspecified atom stereocenters. The average molecular weight is 441 g/mol. The van der Waals surface area contributed by atoms with Gasteiger partial charge in [-0.1, -0.05) is 17.9 Å². The standard InChI is InChI=1S/C21H23F2N8O/c1-5-30-11-16(14-6-7-17(22)18(23)8-14)19(12-30)25-31(32)27-21-13(2)20(26-29(21)4)15-9-24-28(3)10-15/h1,6-10,16,19H,11-12H2,2-4H3,(H2,25,27,32)/q+1. The summed E-state index contributed by atoms with van der Waals surface area (Å²) in [6, 6.07) is 5.85. The van der Waals surface area contributed by atoms with Crippen LogP contribution in [0.25, 0.3) is 11.3 Å². The van der Waals surface area contributed by atoms with Gasteiger partial charge < -0.3 is 4.90 Å². The summed E-state index contributed by atoms with van der Waals surface area (Å²) in [6.45, 7) is 2.63. The third-order valence-corrected chi connectivity index (χ3v) is 5.63. The van der Waals surface area contributed by atoms with Crippen molar-refractivity contribution in [2.45, 2.75) is 18.9 Å². The summed E-state index contributed by atoms with van der Waals surface area (Å²) in [7, 11) is 3.54. The SMILES string of the molecule is C#CN1CC(N[N+](=O)Nc2c(C)c(-c3cnn(C)c3)nn2C)C(c2ccc(F)c(F)c2)C1. The van der Waals surface area contributed by atoms with Gasteiger partial charge >= 0.3 is 0 Å². The minimum Gasteiger partial charge on any atom is -0.330 e. The lowest BCUT2D eigenvalue weighted by molar-refractivity contribution is -0.585. The van der Waals surface area contributed by atoms with E-state index >= 15 is 0 Å². The lowest BCUT2D eigenvalue weighted by atomic mass is 9.94. The molecule has 0 spiro atoms. The number of nitroso groups, excluding NO2 is 1. The maximum Gasteiger partial charge on any atom is 0.252 e. The van der Waals surface area contributed by atoms with Crippen LogP contribution in [0.5, 0.6) is 0 Å². The molecule has 11 heteroatoms. The Morgan fingerprint density at radius 2 is 2.03 bits per heavy atom. The molecule has 32 heavy (non-hydrogen) atoms. The van der Waals surface area contributed by atoms with Crippen molar-refractivity contribution in [1.29, 1.82) is 0 Å². The Kier molecular flexibility index (Phi) is 5.52. The first-order valence-electron chi connectivity index (χ1n) is 9.95. The second-order valence-electron chi connectivity index (χ2n) is 7.80. The number of likely N-dealkylation sites (tertiary alicyclic amines) is 1. The van der Waals surface area contributed by atoms with E-state index in [4.69, 9.17) is 6.42 Å². The van der Waals surface area contributed by atoms with Gasteiger partial charge in [0.25, 0.3) is 4.98 Å². The van der Waals surface area contributed by atoms with E-state index in [1.54, 1.807) is 27.5 Å². The third-order valence-electron chi connectivity index (χ3n) is 5.63. The molecule has 1 aliphatic rings. The molecule has 0 amide bonds. The first-order chi connectivity index (χ1) is 15.3. The molecular weight excluding hydrogens is 418 g/mol. The number of hydrazine groups is 2. The summed E-state index contributed by atoms with van der Waals surface area (Å²) in [6.07, 6.45) is 9.07. The molecule has 9 nitrogen and oxygen atoms in total. The summed E-state index contributed by atoms with van der Waals surface area (Å²) in [5.74, 6) is -1.67. The molecule has 3 heterocycles. The van der Waals surface area contributed by atoms with E-state index in [9.17, 15) is 13.7 Å². The van der Waals surface area contributed by atoms with Crippen LogP contribution in [0.2, 0.25) is 0 Å². The molecular formula is C21H23F2N8O+. The van der Waals surface area contributed by atoms with E-state index < -0.39 is 17.7 Å². The predicted molar refractivity (Wildman–Crippen MR) is 114 cm³/mol. The fraction of sp³-hybridized carbons (Fsp3) is 0.333. The van der Waals surface area contributed by atoms with Crippen molar-refractivity contribution in [2.75, 3.05) is 18.5 Å². The van der Waals surface area contributed by atoms with Gasteiger partial charge in [-0.05, 0) is 24.6 Å². The van der Waals surface area contributed by atoms with E-state index in [1.165, 1.54) is 6.07 Å². The highest BCUT2D eigenvalue weighted by atomic mass is 19.2. The number of nitrogens with one attached hydrogen (secondary N) is 2. The Morgan fingerprint density at radius 1 is 1.25 bits per heavy atom. The summed E-state index contributed by atoms with van der Waals surface area (Å²) >= 11 is 0. The number of terminal acetylenes is 1. The van der Waals surface area contributed by atoms with Crippen LogP contribution in [0.4, 0.5) is 14.6 Å². The second kappa shape index (κ2) is 8.30. The van der Waals surface area contributed by atoms with E-state index in [-0.39, 0.29) is 5.92 Å². The van der Waals surface area contributed by atoms with Gasteiger partial charge in [0.2, 0.25) is 0 Å². The Hall–Kier alpha value is -3.94. The van der Waals surface area contributed by atoms with Crippen LogP contribution in [-0.4, -0.2) is 48.6 Å². The van der Waals surface area contributed by atoms with E-state index in [2.05, 4.69) is 27.1 Å². The molecule has 3 aromatic rings. The minimum absolute atomic E-state index is 0.307. The molecule has 2 atom stereocenters. The van der Waals surface area contributed by atoms with Gasteiger partial charge in [-0.2, -0.15) is 10.2 Å². The summed E-state index contributed by atoms with van der Waals surface area (Å²) in [5.41, 5.74) is 8.47. The molecule has 0 bridgehead atoms. The van der Waals surface area contributed by atoms with Crippen molar-refractivity contribution >= 4 is 5.82 Å². The topological polar surface area (TPSA) is 83.0 Å². The van der Waals surface area contributed by atoms with Crippen LogP contribution >= 0.6 is 0 Å². The highest BCUT2D eigenvalue weighted by Crippen LogP contribution is 2.29. The van der Waals surface area contributed by atoms with Crippen molar-refractivity contribution in [3.05, 3.63) is 58.3 Å². The maximum atomic E-state index is 13.8. The van der Waals surface area contributed by atoms with Crippen molar-refractivity contribution in [3.8, 4) is 23.7 Å². The van der Waals surface area contributed by atoms with Crippen LogP contribution in [0.15, 0.2) is 30.6 Å². The molecule has 4 rings (SSSR count). The fourth-order valence-electron chi connectivity index (χ4n) is 4.00. The predicted octanol–water partition coefficient (Wildman–Crippen LogP) is 2.08. The highest BCUT2D eigenvalue weighted by molar-refractivity contribution is 5.67. The smallest absolute Gasteiger partial charge is 0.252 e. The first kappa shape index (κ1) is 21.3. The third kappa shape index (κ3) is 3.99. The van der Waals surface area contributed by atoms with Crippen molar-refractivity contribution in [3.63, 3.8) is 0 Å². The van der Waals surface area contributed by atoms with Crippen LogP contribution in [0.3, 0.4) is 0 Å². The molecule has 0 saturated carbocycles. The van der Waals surface area contributed by atoms with Gasteiger partial charge in [0, 0.05) is 49.9 Å². The zero-order valence-electron chi connectivity index (χ0n) is 17.9. The quantitative estimate of drug-likeness (QED) is 0.346. The van der Waals surface area contributed by atoms with Crippen LogP contribution in [0, 0.1) is 35.9 Å². The Balaban J connectivity index is 1.52. The number of nitrogens with zero attached hydrogens (tertiary/aromatic N) is 6. The lowest BCUT2D eigenvalue weighted by Gasteiger charge is -2.15. The first-order valence-corrected chi connectivity index (χ1v) is 9.95. The van der Waals surface area contributed by atoms with Crippen LogP contribution in [0.1, 0.15) is 17.0 Å². The zero-order chi connectivity index (χ0) is 23.0. The van der Waals surface area contributed by atoms with Gasteiger partial charge in [0.1, 0.15) is 11.7 Å². The molecule has 1 saturated heterocycles. The Morgan fingerprint density at radius 3 is 2.69 bits per heavy atom. The summed E-state index contributed by atoms with van der Waals surface area (Å²) < 4.78 is 30.4. The van der Waals surface area contributed by atoms with Gasteiger partial charge in [-0.25, -0.2) is 13.5 Å². The largest absolute Gasteiger partial charge is 0.330 e. The van der Waals surface area contributed by atoms with Crippen molar-refractivity contribution in [1.82, 2.24) is 29.9 Å². The van der Waals surface area contributed by atoms with Crippen molar-refractivity contribution in [2.24, 2.45) is 14.1 Å². The number of rotatable bonds is 6. The minimum atomic E-state index is -0.939. The van der Waals surface area contributed by atoms with Gasteiger partial charge in [-0.15, -0.1) is 5.43 Å². The number of anilines is 1. The molecule has 166 valence electrons. The van der Waals surface area contributed by atoms with Crippen LogP contribution < -0.4 is 10.9 Å². The second-order valence-corrected chi connectivity index (χ2v) is 7.80. The normalized spacial score (nSPS) is 17.9. The molecule has 0 aliphatic carbocycles. The molecule has 1 aliphatic heterocycles. The lowest BCUT2D eigenvalue weighted by Crippen LogP contribution is -2.44. The van der Waals surface area contributed by atoms with E-state index in [0.29, 0.717) is 35.1 Å². The van der Waals surface area contributed by atoms with Gasteiger partial charge in [0.05, 0.1) is 17.6 Å². The summed E-state index contributed by atoms with van der Waals surface area (Å²) in [5, 5.41) is 8.64. The molecule has 1 aromatic carbocycles. The monoisotopic (exact) mass is 441 g/mol. The average Bonchev–Trinajstić information content (AvgIpc) is 3.44. The summed E-state index contributed by atoms with van der Waals surface area (Å²) in [4.78, 5) is 14.9. The molecule has 1 fully saturated rings. The molecule has 2 N–H and O–H groups in total. The number of hydrogen-bond acceptors (Lipinski definition) is 4. The number of hydrogen-bond donors (Lipinski definition) is 2. The molecule has 0 radical (unpaired) electrons. The Labute approximate surface area is 183 Å². The fourth-order valence-corrected chi connectivity index (χ4v) is 4.00. The highest BCUT2D eigenvalue weighted by Gasteiger charge is 2.38. The number of aromatic nitrogens is 4. The Bertz CT molecular complexity index is 1210. The van der Waals surface area contributed by atoms with E-state index in [1.807, 2.05) is 20.2 Å². The number of aryl methyl sites for hydroxylation is 2. The van der Waals surface area contributed by atoms with Crippen molar-refractivity contribution < 1.29 is 13.8 Å². The molecule has 2 aromatic heterocycles.